The van der Waals surface area contributed by atoms with E-state index in [1.165, 1.54) is 4.90 Å². The molecule has 1 unspecified atom stereocenters. The first kappa shape index (κ1) is 32.5. The number of halogens is 3. The normalized spacial score (nSPS) is 18.4. The molecule has 1 aromatic heterocycles. The number of likely N-dealkylation sites (tertiary alicyclic amines) is 1. The van der Waals surface area contributed by atoms with Crippen LogP contribution in [0.2, 0.25) is 0 Å². The zero-order valence-electron chi connectivity index (χ0n) is 25.5. The second kappa shape index (κ2) is 13.3. The standard InChI is InChI=1S/C35H31F3N4O6/c36-35(37,38)33(46)48-41-31(44)27-20-42(32(45)34(16-17-34)23-6-2-1-3-7-23)19-15-25(27)30(43)40-24-12-10-22(11-13-24)21-47-29-14-18-39-28-9-5-4-8-26(28)29/h1-14,18,25,27H,15-17,19-21H2,(H,40,43)(H,41,44)/t25?,27-/m0/s1. The van der Waals surface area contributed by atoms with Gasteiger partial charge in [0.25, 0.3) is 5.91 Å². The largest absolute Gasteiger partial charge is 0.493 e. The first-order valence-corrected chi connectivity index (χ1v) is 15.3. The Morgan fingerprint density at radius 2 is 1.58 bits per heavy atom. The fourth-order valence-electron chi connectivity index (χ4n) is 6.03. The Morgan fingerprint density at radius 1 is 0.875 bits per heavy atom. The number of anilines is 1. The number of rotatable bonds is 8. The minimum absolute atomic E-state index is 0.0551. The molecular weight excluding hydrogens is 629 g/mol. The van der Waals surface area contributed by atoms with Gasteiger partial charge < -0.3 is 19.8 Å². The summed E-state index contributed by atoms with van der Waals surface area (Å²) in [7, 11) is 0. The molecule has 0 spiro atoms. The van der Waals surface area contributed by atoms with Gasteiger partial charge in [-0.1, -0.05) is 54.6 Å². The Kier molecular flexibility index (Phi) is 9.03. The van der Waals surface area contributed by atoms with E-state index >= 15 is 0 Å². The number of hydrogen-bond acceptors (Lipinski definition) is 7. The fourth-order valence-corrected chi connectivity index (χ4v) is 6.03. The zero-order valence-corrected chi connectivity index (χ0v) is 25.5. The Morgan fingerprint density at radius 3 is 2.29 bits per heavy atom. The van der Waals surface area contributed by atoms with Crippen molar-refractivity contribution in [3.8, 4) is 5.75 Å². The van der Waals surface area contributed by atoms with Gasteiger partial charge in [-0.3, -0.25) is 19.4 Å². The molecule has 1 aliphatic heterocycles. The molecule has 248 valence electrons. The summed E-state index contributed by atoms with van der Waals surface area (Å²) in [5, 5.41) is 3.64. The fraction of sp³-hybridized carbons (Fsp3) is 0.286. The van der Waals surface area contributed by atoms with Crippen LogP contribution in [0.4, 0.5) is 18.9 Å². The number of alkyl halides is 3. The molecule has 1 aliphatic carbocycles. The minimum Gasteiger partial charge on any atom is -0.488 e. The van der Waals surface area contributed by atoms with Crippen LogP contribution in [-0.4, -0.2) is 52.8 Å². The first-order chi connectivity index (χ1) is 23.0. The van der Waals surface area contributed by atoms with Gasteiger partial charge in [0.1, 0.15) is 12.4 Å². The van der Waals surface area contributed by atoms with Crippen LogP contribution < -0.4 is 15.5 Å². The third-order valence-electron chi connectivity index (χ3n) is 8.76. The average molecular weight is 661 g/mol. The number of fused-ring (bicyclic) bond motifs is 1. The number of carbonyl (C=O) groups is 4. The van der Waals surface area contributed by atoms with Gasteiger partial charge in [-0.25, -0.2) is 4.79 Å². The molecule has 2 fully saturated rings. The maximum absolute atomic E-state index is 13.7. The van der Waals surface area contributed by atoms with Crippen LogP contribution in [0.15, 0.2) is 91.1 Å². The first-order valence-electron chi connectivity index (χ1n) is 15.3. The number of nitrogens with one attached hydrogen (secondary N) is 2. The highest BCUT2D eigenvalue weighted by molar-refractivity contribution is 5.97. The van der Waals surface area contributed by atoms with Crippen LogP contribution in [0.1, 0.15) is 30.4 Å². The van der Waals surface area contributed by atoms with Gasteiger partial charge in [-0.05, 0) is 60.7 Å². The monoisotopic (exact) mass is 660 g/mol. The summed E-state index contributed by atoms with van der Waals surface area (Å²) in [6.45, 7) is 0.149. The number of hydrogen-bond donors (Lipinski definition) is 2. The van der Waals surface area contributed by atoms with Crippen molar-refractivity contribution in [2.45, 2.75) is 37.5 Å². The Bertz CT molecular complexity index is 1820. The average Bonchev–Trinajstić information content (AvgIpc) is 3.92. The zero-order chi connectivity index (χ0) is 33.9. The van der Waals surface area contributed by atoms with Gasteiger partial charge in [0.05, 0.1) is 22.8 Å². The van der Waals surface area contributed by atoms with Crippen molar-refractivity contribution in [2.24, 2.45) is 11.8 Å². The second-order valence-corrected chi connectivity index (χ2v) is 11.9. The minimum atomic E-state index is -5.34. The molecule has 2 aliphatic rings. The highest BCUT2D eigenvalue weighted by Gasteiger charge is 2.54. The van der Waals surface area contributed by atoms with E-state index in [1.54, 1.807) is 42.0 Å². The molecule has 2 atom stereocenters. The molecular formula is C35H31F3N4O6. The van der Waals surface area contributed by atoms with Gasteiger partial charge in [-0.2, -0.15) is 18.7 Å². The molecule has 10 nitrogen and oxygen atoms in total. The van der Waals surface area contributed by atoms with E-state index in [4.69, 9.17) is 4.74 Å². The number of carbonyl (C=O) groups excluding carboxylic acids is 4. The molecule has 0 bridgehead atoms. The molecule has 3 amide bonds. The third kappa shape index (κ3) is 6.94. The molecule has 2 N–H and O–H groups in total. The highest BCUT2D eigenvalue weighted by atomic mass is 19.4. The highest BCUT2D eigenvalue weighted by Crippen LogP contribution is 2.50. The van der Waals surface area contributed by atoms with Crippen molar-refractivity contribution in [1.29, 1.82) is 0 Å². The summed E-state index contributed by atoms with van der Waals surface area (Å²) >= 11 is 0. The quantitative estimate of drug-likeness (QED) is 0.252. The number of pyridine rings is 1. The van der Waals surface area contributed by atoms with Gasteiger partial charge in [0.15, 0.2) is 0 Å². The van der Waals surface area contributed by atoms with E-state index in [1.807, 2.05) is 54.6 Å². The molecule has 13 heteroatoms. The Hall–Kier alpha value is -5.46. The molecule has 2 heterocycles. The number of piperidine rings is 1. The second-order valence-electron chi connectivity index (χ2n) is 11.9. The number of aromatic nitrogens is 1. The van der Waals surface area contributed by atoms with E-state index in [2.05, 4.69) is 15.1 Å². The summed E-state index contributed by atoms with van der Waals surface area (Å²) in [6, 6.07) is 25.4. The summed E-state index contributed by atoms with van der Waals surface area (Å²) in [5.41, 5.74) is 3.67. The van der Waals surface area contributed by atoms with Crippen molar-refractivity contribution in [1.82, 2.24) is 15.4 Å². The SMILES string of the molecule is O=C(Nc1ccc(COc2ccnc3ccccc23)cc1)C1CCN(C(=O)C2(c3ccccc3)CC2)C[C@@H]1C(=O)NOC(=O)C(F)(F)F. The molecule has 1 saturated carbocycles. The number of hydroxylamine groups is 1. The van der Waals surface area contributed by atoms with Crippen molar-refractivity contribution in [2.75, 3.05) is 18.4 Å². The lowest BCUT2D eigenvalue weighted by Crippen LogP contribution is -2.54. The van der Waals surface area contributed by atoms with Gasteiger partial charge in [0, 0.05) is 30.4 Å². The van der Waals surface area contributed by atoms with E-state index in [0.29, 0.717) is 24.3 Å². The van der Waals surface area contributed by atoms with Gasteiger partial charge in [-0.15, -0.1) is 0 Å². The van der Waals surface area contributed by atoms with Gasteiger partial charge >= 0.3 is 12.1 Å². The molecule has 4 aromatic rings. The van der Waals surface area contributed by atoms with E-state index in [-0.39, 0.29) is 32.0 Å². The van der Waals surface area contributed by atoms with Gasteiger partial charge in [0.2, 0.25) is 11.8 Å². The molecule has 1 saturated heterocycles. The lowest BCUT2D eigenvalue weighted by atomic mass is 9.83. The molecule has 6 rings (SSSR count). The number of ether oxygens (including phenoxy) is 1. The van der Waals surface area contributed by atoms with Crippen LogP contribution in [0, 0.1) is 11.8 Å². The molecule has 48 heavy (non-hydrogen) atoms. The van der Waals surface area contributed by atoms with Crippen molar-refractivity contribution in [3.05, 3.63) is 102 Å². The van der Waals surface area contributed by atoms with E-state index < -0.39 is 41.2 Å². The molecule has 0 radical (unpaired) electrons. The lowest BCUT2D eigenvalue weighted by molar-refractivity contribution is -0.208. The summed E-state index contributed by atoms with van der Waals surface area (Å²) in [4.78, 5) is 61.4. The predicted octanol–water partition coefficient (Wildman–Crippen LogP) is 5.09. The van der Waals surface area contributed by atoms with Crippen molar-refractivity contribution >= 4 is 40.3 Å². The summed E-state index contributed by atoms with van der Waals surface area (Å²) in [5.74, 6) is -6.18. The maximum atomic E-state index is 13.7. The van der Waals surface area contributed by atoms with Crippen LogP contribution in [0.3, 0.4) is 0 Å². The Labute approximate surface area is 273 Å². The van der Waals surface area contributed by atoms with E-state index in [9.17, 15) is 32.3 Å². The molecule has 3 aromatic carbocycles. The number of amides is 3. The topological polar surface area (TPSA) is 127 Å². The maximum Gasteiger partial charge on any atom is 0.493 e. The van der Waals surface area contributed by atoms with E-state index in [0.717, 1.165) is 22.0 Å². The van der Waals surface area contributed by atoms with Crippen molar-refractivity contribution in [3.63, 3.8) is 0 Å². The summed E-state index contributed by atoms with van der Waals surface area (Å²) in [6.07, 6.45) is -2.40. The predicted molar refractivity (Wildman–Crippen MR) is 167 cm³/mol. The summed E-state index contributed by atoms with van der Waals surface area (Å²) < 4.78 is 44.2. The lowest BCUT2D eigenvalue weighted by Gasteiger charge is -2.38. The van der Waals surface area contributed by atoms with Crippen molar-refractivity contribution < 1.29 is 41.9 Å². The third-order valence-corrected chi connectivity index (χ3v) is 8.76. The number of nitrogens with zero attached hydrogens (tertiary/aromatic N) is 2. The van der Waals surface area contributed by atoms with Crippen LogP contribution in [-0.2, 0) is 36.0 Å². The Balaban J connectivity index is 1.13. The smallest absolute Gasteiger partial charge is 0.488 e. The number of benzene rings is 3. The van der Waals surface area contributed by atoms with Crippen LogP contribution in [0.25, 0.3) is 10.9 Å². The van der Waals surface area contributed by atoms with Crippen LogP contribution >= 0.6 is 0 Å². The van der Waals surface area contributed by atoms with Crippen LogP contribution in [0.5, 0.6) is 5.75 Å². The number of para-hydroxylation sites is 1.